The fourth-order valence-corrected chi connectivity index (χ4v) is 2.85. The number of nitrogen functional groups attached to an aromatic ring is 1. The van der Waals surface area contributed by atoms with Gasteiger partial charge in [-0.15, -0.1) is 0 Å². The number of furan rings is 1. The van der Waals surface area contributed by atoms with E-state index in [0.717, 1.165) is 0 Å². The number of pyridine rings is 1. The molecule has 0 saturated carbocycles. The van der Waals surface area contributed by atoms with Gasteiger partial charge in [0.1, 0.15) is 41.3 Å². The first-order valence-electron chi connectivity index (χ1n) is 8.29. The van der Waals surface area contributed by atoms with Crippen LogP contribution in [0, 0.1) is 18.3 Å². The van der Waals surface area contributed by atoms with Crippen LogP contribution in [0.15, 0.2) is 40.8 Å². The number of carboxylic acid groups (broad SMARTS) is 1. The summed E-state index contributed by atoms with van der Waals surface area (Å²) in [4.78, 5) is 15.0. The van der Waals surface area contributed by atoms with Gasteiger partial charge in [0.15, 0.2) is 6.61 Å². The number of aliphatic carboxylic acids is 1. The molecule has 3 aromatic rings. The molecule has 0 amide bonds. The van der Waals surface area contributed by atoms with Gasteiger partial charge in [-0.3, -0.25) is 0 Å². The average molecular weight is 379 g/mol. The van der Waals surface area contributed by atoms with E-state index in [2.05, 4.69) is 11.1 Å². The lowest BCUT2D eigenvalue weighted by atomic mass is 9.96. The number of carboxylic acids is 1. The molecular formula is C20H17N3O5. The van der Waals surface area contributed by atoms with Crippen LogP contribution in [-0.2, 0) is 11.4 Å². The van der Waals surface area contributed by atoms with Crippen LogP contribution in [0.2, 0.25) is 0 Å². The monoisotopic (exact) mass is 379 g/mol. The minimum Gasteiger partial charge on any atom is -0.482 e. The molecule has 8 heteroatoms. The molecule has 0 saturated heterocycles. The molecule has 8 nitrogen and oxygen atoms in total. The summed E-state index contributed by atoms with van der Waals surface area (Å²) in [5, 5.41) is 27.4. The summed E-state index contributed by atoms with van der Waals surface area (Å²) >= 11 is 0. The fraction of sp³-hybridized carbons (Fsp3) is 0.150. The van der Waals surface area contributed by atoms with Crippen molar-refractivity contribution in [3.63, 3.8) is 0 Å². The van der Waals surface area contributed by atoms with Crippen molar-refractivity contribution in [2.75, 3.05) is 12.3 Å². The van der Waals surface area contributed by atoms with Crippen molar-refractivity contribution in [3.05, 3.63) is 53.3 Å². The van der Waals surface area contributed by atoms with Gasteiger partial charge < -0.3 is 25.1 Å². The minimum absolute atomic E-state index is 0.0613. The Balaban J connectivity index is 2.07. The number of hydrogen-bond acceptors (Lipinski definition) is 7. The zero-order valence-electron chi connectivity index (χ0n) is 15.0. The lowest BCUT2D eigenvalue weighted by Crippen LogP contribution is -2.09. The Kier molecular flexibility index (Phi) is 5.29. The predicted molar refractivity (Wildman–Crippen MR) is 100 cm³/mol. The Morgan fingerprint density at radius 3 is 2.57 bits per heavy atom. The highest BCUT2D eigenvalue weighted by atomic mass is 16.5. The molecule has 4 N–H and O–H groups in total. The molecule has 2 aromatic heterocycles. The second-order valence-corrected chi connectivity index (χ2v) is 5.96. The van der Waals surface area contributed by atoms with E-state index in [0.29, 0.717) is 39.7 Å². The molecule has 0 bridgehead atoms. The number of aliphatic hydroxyl groups is 1. The number of anilines is 1. The maximum atomic E-state index is 10.6. The van der Waals surface area contributed by atoms with Crippen LogP contribution >= 0.6 is 0 Å². The lowest BCUT2D eigenvalue weighted by Gasteiger charge is -2.14. The third-order valence-corrected chi connectivity index (χ3v) is 4.13. The van der Waals surface area contributed by atoms with Crippen molar-refractivity contribution >= 4 is 11.8 Å². The number of rotatable bonds is 6. The topological polar surface area (TPSA) is 143 Å². The summed E-state index contributed by atoms with van der Waals surface area (Å²) in [5.74, 6) is 0.187. The number of nitriles is 1. The first kappa shape index (κ1) is 18.9. The minimum atomic E-state index is -1.06. The summed E-state index contributed by atoms with van der Waals surface area (Å²) in [6.45, 7) is 1.11. The molecule has 0 aliphatic carbocycles. The van der Waals surface area contributed by atoms with E-state index in [9.17, 15) is 15.2 Å². The zero-order chi connectivity index (χ0) is 20.3. The van der Waals surface area contributed by atoms with E-state index in [1.807, 2.05) is 0 Å². The molecule has 0 unspecified atom stereocenters. The molecule has 0 aliphatic rings. The molecule has 0 radical (unpaired) electrons. The van der Waals surface area contributed by atoms with Gasteiger partial charge >= 0.3 is 5.97 Å². The molecule has 0 aliphatic heterocycles. The second-order valence-electron chi connectivity index (χ2n) is 5.96. The van der Waals surface area contributed by atoms with Gasteiger partial charge in [0.25, 0.3) is 0 Å². The fourth-order valence-electron chi connectivity index (χ4n) is 2.85. The van der Waals surface area contributed by atoms with Crippen molar-refractivity contribution in [2.24, 2.45) is 0 Å². The molecule has 0 spiro atoms. The molecule has 2 heterocycles. The number of aromatic nitrogens is 1. The van der Waals surface area contributed by atoms with Crippen LogP contribution < -0.4 is 10.5 Å². The van der Waals surface area contributed by atoms with E-state index in [1.54, 1.807) is 43.3 Å². The van der Waals surface area contributed by atoms with E-state index < -0.39 is 12.6 Å². The highest BCUT2D eigenvalue weighted by Crippen LogP contribution is 2.36. The van der Waals surface area contributed by atoms with Crippen molar-refractivity contribution in [2.45, 2.75) is 13.5 Å². The Hall–Kier alpha value is -3.83. The normalized spacial score (nSPS) is 10.5. The first-order chi connectivity index (χ1) is 13.4. The number of ether oxygens (including phenoxy) is 1. The van der Waals surface area contributed by atoms with Gasteiger partial charge in [0.2, 0.25) is 0 Å². The molecule has 0 atom stereocenters. The van der Waals surface area contributed by atoms with Gasteiger partial charge in [0.05, 0.1) is 5.69 Å². The Bertz CT molecular complexity index is 1060. The summed E-state index contributed by atoms with van der Waals surface area (Å²) < 4.78 is 10.7. The largest absolute Gasteiger partial charge is 0.482 e. The molecule has 3 rings (SSSR count). The number of nitrogens with two attached hydrogens (primary N) is 1. The standard InChI is InChI=1S/C20H17N3O5/c1-11-18(16-7-6-14(9-24)28-16)15(8-21)20(22)23-19(11)12-2-4-13(5-3-12)27-10-17(25)26/h2-7,24H,9-10H2,1H3,(H2,22,23)(H,25,26). The van der Waals surface area contributed by atoms with Crippen LogP contribution in [0.25, 0.3) is 22.6 Å². The molecule has 28 heavy (non-hydrogen) atoms. The molecule has 1 aromatic carbocycles. The highest BCUT2D eigenvalue weighted by molar-refractivity contribution is 5.82. The van der Waals surface area contributed by atoms with E-state index in [4.69, 9.17) is 20.0 Å². The van der Waals surface area contributed by atoms with E-state index in [1.165, 1.54) is 0 Å². The van der Waals surface area contributed by atoms with Gasteiger partial charge in [-0.05, 0) is 48.9 Å². The van der Waals surface area contributed by atoms with Crippen LogP contribution in [0.4, 0.5) is 5.82 Å². The molecule has 142 valence electrons. The third kappa shape index (κ3) is 3.65. The third-order valence-electron chi connectivity index (χ3n) is 4.13. The molecule has 0 fully saturated rings. The highest BCUT2D eigenvalue weighted by Gasteiger charge is 2.20. The van der Waals surface area contributed by atoms with E-state index in [-0.39, 0.29) is 18.0 Å². The van der Waals surface area contributed by atoms with Gasteiger partial charge in [0, 0.05) is 11.1 Å². The number of benzene rings is 1. The quantitative estimate of drug-likeness (QED) is 0.593. The Labute approximate surface area is 160 Å². The van der Waals surface area contributed by atoms with Crippen LogP contribution in [0.1, 0.15) is 16.9 Å². The van der Waals surface area contributed by atoms with Crippen LogP contribution in [0.3, 0.4) is 0 Å². The van der Waals surface area contributed by atoms with Gasteiger partial charge in [-0.2, -0.15) is 5.26 Å². The van der Waals surface area contributed by atoms with Crippen molar-refractivity contribution in [1.82, 2.24) is 4.98 Å². The van der Waals surface area contributed by atoms with Crippen molar-refractivity contribution in [1.29, 1.82) is 5.26 Å². The SMILES string of the molecule is Cc1c(-c2ccc(OCC(=O)O)cc2)nc(N)c(C#N)c1-c1ccc(CO)o1. The van der Waals surface area contributed by atoms with Gasteiger partial charge in [-0.1, -0.05) is 0 Å². The number of carbonyl (C=O) groups is 1. The first-order valence-corrected chi connectivity index (χ1v) is 8.29. The zero-order valence-corrected chi connectivity index (χ0v) is 15.0. The number of nitrogens with zero attached hydrogens (tertiary/aromatic N) is 2. The molecular weight excluding hydrogens is 362 g/mol. The predicted octanol–water partition coefficient (Wildman–Crippen LogP) is 2.73. The summed E-state index contributed by atoms with van der Waals surface area (Å²) in [7, 11) is 0. The van der Waals surface area contributed by atoms with Gasteiger partial charge in [-0.25, -0.2) is 9.78 Å². The average Bonchev–Trinajstić information content (AvgIpc) is 3.16. The number of hydrogen-bond donors (Lipinski definition) is 3. The van der Waals surface area contributed by atoms with Crippen LogP contribution in [0.5, 0.6) is 5.75 Å². The second kappa shape index (κ2) is 7.82. The van der Waals surface area contributed by atoms with E-state index >= 15 is 0 Å². The Morgan fingerprint density at radius 2 is 2.00 bits per heavy atom. The maximum absolute atomic E-state index is 10.6. The number of aliphatic hydroxyl groups excluding tert-OH is 1. The van der Waals surface area contributed by atoms with Crippen molar-refractivity contribution in [3.8, 4) is 34.4 Å². The smallest absolute Gasteiger partial charge is 0.341 e. The summed E-state index contributed by atoms with van der Waals surface area (Å²) in [6.07, 6.45) is 0. The maximum Gasteiger partial charge on any atom is 0.341 e. The Morgan fingerprint density at radius 1 is 1.29 bits per heavy atom. The summed E-state index contributed by atoms with van der Waals surface area (Å²) in [6, 6.07) is 12.1. The van der Waals surface area contributed by atoms with Crippen LogP contribution in [-0.4, -0.2) is 27.8 Å². The lowest BCUT2D eigenvalue weighted by molar-refractivity contribution is -0.139. The van der Waals surface area contributed by atoms with Crippen molar-refractivity contribution < 1.29 is 24.2 Å². The summed E-state index contributed by atoms with van der Waals surface area (Å²) in [5.41, 5.74) is 8.67.